The number of carbonyl (C=O) groups is 1. The van der Waals surface area contributed by atoms with E-state index in [4.69, 9.17) is 23.2 Å². The molecule has 0 saturated carbocycles. The molecule has 0 bridgehead atoms. The van der Waals surface area contributed by atoms with Crippen molar-refractivity contribution in [2.45, 2.75) is 31.8 Å². The van der Waals surface area contributed by atoms with Gasteiger partial charge in [0.15, 0.2) is 5.78 Å². The van der Waals surface area contributed by atoms with E-state index in [-0.39, 0.29) is 11.8 Å². The normalized spacial score (nSPS) is 21.0. The fourth-order valence-electron chi connectivity index (χ4n) is 2.81. The van der Waals surface area contributed by atoms with Gasteiger partial charge in [-0.05, 0) is 58.6 Å². The zero-order valence-electron chi connectivity index (χ0n) is 12.8. The van der Waals surface area contributed by atoms with Crippen molar-refractivity contribution in [2.75, 3.05) is 27.2 Å². The van der Waals surface area contributed by atoms with Crippen molar-refractivity contribution in [2.24, 2.45) is 0 Å². The molecule has 2 unspecified atom stereocenters. The Labute approximate surface area is 136 Å². The molecule has 0 N–H and O–H groups in total. The van der Waals surface area contributed by atoms with Crippen LogP contribution in [0.4, 0.5) is 0 Å². The van der Waals surface area contributed by atoms with Crippen LogP contribution in [-0.2, 0) is 0 Å². The summed E-state index contributed by atoms with van der Waals surface area (Å²) in [5.41, 5.74) is 0.542. The van der Waals surface area contributed by atoms with Gasteiger partial charge in [0.1, 0.15) is 0 Å². The van der Waals surface area contributed by atoms with E-state index in [1.54, 1.807) is 18.2 Å². The van der Waals surface area contributed by atoms with Crippen LogP contribution in [0.25, 0.3) is 0 Å². The molecule has 5 heteroatoms. The lowest BCUT2D eigenvalue weighted by molar-refractivity contribution is 0.0842. The topological polar surface area (TPSA) is 23.6 Å². The first kappa shape index (κ1) is 16.8. The summed E-state index contributed by atoms with van der Waals surface area (Å²) >= 11 is 12.0. The molecule has 1 aliphatic rings. The minimum atomic E-state index is -0.197. The Hall–Kier alpha value is -0.610. The SMILES string of the molecule is CC(C(=O)c1ccc(Cl)cc1Cl)N(C)CC1CCCN1C. The third-order valence-electron chi connectivity index (χ3n) is 4.41. The molecule has 21 heavy (non-hydrogen) atoms. The number of carbonyl (C=O) groups excluding carboxylic acids is 1. The smallest absolute Gasteiger partial charge is 0.181 e. The van der Waals surface area contributed by atoms with Gasteiger partial charge >= 0.3 is 0 Å². The molecule has 2 rings (SSSR count). The van der Waals surface area contributed by atoms with E-state index < -0.39 is 0 Å². The number of hydrogen-bond acceptors (Lipinski definition) is 3. The zero-order valence-corrected chi connectivity index (χ0v) is 14.3. The first-order valence-electron chi connectivity index (χ1n) is 7.30. The summed E-state index contributed by atoms with van der Waals surface area (Å²) in [5, 5.41) is 0.968. The summed E-state index contributed by atoms with van der Waals surface area (Å²) in [5.74, 6) is 0.0415. The summed E-state index contributed by atoms with van der Waals surface area (Å²) in [6.07, 6.45) is 2.43. The Kier molecular flexibility index (Phi) is 5.67. The Morgan fingerprint density at radius 2 is 2.19 bits per heavy atom. The van der Waals surface area contributed by atoms with Gasteiger partial charge in [0, 0.05) is 23.2 Å². The minimum Gasteiger partial charge on any atom is -0.302 e. The van der Waals surface area contributed by atoms with Crippen molar-refractivity contribution in [1.82, 2.24) is 9.80 Å². The molecular formula is C16H22Cl2N2O. The Morgan fingerprint density at radius 1 is 1.48 bits per heavy atom. The predicted molar refractivity (Wildman–Crippen MR) is 88.5 cm³/mol. The van der Waals surface area contributed by atoms with Gasteiger partial charge in [0.25, 0.3) is 0 Å². The van der Waals surface area contributed by atoms with E-state index in [1.165, 1.54) is 12.8 Å². The van der Waals surface area contributed by atoms with Crippen LogP contribution in [0.2, 0.25) is 10.0 Å². The van der Waals surface area contributed by atoms with Crippen molar-refractivity contribution >= 4 is 29.0 Å². The Bertz CT molecular complexity index is 521. The third-order valence-corrected chi connectivity index (χ3v) is 4.96. The van der Waals surface area contributed by atoms with Crippen LogP contribution in [-0.4, -0.2) is 54.9 Å². The molecule has 0 aliphatic carbocycles. The number of rotatable bonds is 5. The van der Waals surface area contributed by atoms with Crippen molar-refractivity contribution in [3.63, 3.8) is 0 Å². The number of likely N-dealkylation sites (tertiary alicyclic amines) is 1. The second-order valence-corrected chi connectivity index (χ2v) is 6.72. The molecule has 0 radical (unpaired) electrons. The Balaban J connectivity index is 2.04. The molecule has 1 aromatic rings. The predicted octanol–water partition coefficient (Wildman–Crippen LogP) is 3.59. The molecule has 1 aliphatic heterocycles. The van der Waals surface area contributed by atoms with E-state index in [9.17, 15) is 4.79 Å². The van der Waals surface area contributed by atoms with Gasteiger partial charge in [0.05, 0.1) is 11.1 Å². The van der Waals surface area contributed by atoms with Crippen molar-refractivity contribution in [1.29, 1.82) is 0 Å². The number of ketones is 1. The van der Waals surface area contributed by atoms with Crippen molar-refractivity contribution in [3.05, 3.63) is 33.8 Å². The minimum absolute atomic E-state index is 0.0415. The summed E-state index contributed by atoms with van der Waals surface area (Å²) in [7, 11) is 4.15. The molecule has 1 fully saturated rings. The fourth-order valence-corrected chi connectivity index (χ4v) is 3.32. The number of Topliss-reactive ketones (excluding diaryl/α,β-unsaturated/α-hetero) is 1. The fraction of sp³-hybridized carbons (Fsp3) is 0.562. The summed E-state index contributed by atoms with van der Waals surface area (Å²) in [4.78, 5) is 17.1. The lowest BCUT2D eigenvalue weighted by Gasteiger charge is -2.29. The van der Waals surface area contributed by atoms with E-state index in [2.05, 4.69) is 16.8 Å². The molecule has 1 aromatic carbocycles. The van der Waals surface area contributed by atoms with Crippen LogP contribution in [0, 0.1) is 0 Å². The van der Waals surface area contributed by atoms with Gasteiger partial charge in [0.2, 0.25) is 0 Å². The molecule has 3 nitrogen and oxygen atoms in total. The molecule has 116 valence electrons. The maximum atomic E-state index is 12.6. The number of likely N-dealkylation sites (N-methyl/N-ethyl adjacent to an activating group) is 2. The summed E-state index contributed by atoms with van der Waals surface area (Å²) in [6.45, 7) is 3.97. The molecule has 1 heterocycles. The molecule has 2 atom stereocenters. The maximum Gasteiger partial charge on any atom is 0.181 e. The summed E-state index contributed by atoms with van der Waals surface area (Å²) < 4.78 is 0. The van der Waals surface area contributed by atoms with Crippen molar-refractivity contribution < 1.29 is 4.79 Å². The van der Waals surface area contributed by atoms with Gasteiger partial charge in [-0.1, -0.05) is 23.2 Å². The standard InChI is InChI=1S/C16H22Cl2N2O/c1-11(20(3)10-13-5-4-8-19(13)2)16(21)14-7-6-12(17)9-15(14)18/h6-7,9,11,13H,4-5,8,10H2,1-3H3. The average Bonchev–Trinajstić information content (AvgIpc) is 2.82. The van der Waals surface area contributed by atoms with Crippen LogP contribution >= 0.6 is 23.2 Å². The van der Waals surface area contributed by atoms with Gasteiger partial charge in [-0.3, -0.25) is 9.69 Å². The van der Waals surface area contributed by atoms with E-state index in [1.807, 2.05) is 14.0 Å². The van der Waals surface area contributed by atoms with Gasteiger partial charge in [-0.25, -0.2) is 0 Å². The quantitative estimate of drug-likeness (QED) is 0.772. The second-order valence-electron chi connectivity index (χ2n) is 5.88. The Morgan fingerprint density at radius 3 is 2.76 bits per heavy atom. The monoisotopic (exact) mass is 328 g/mol. The largest absolute Gasteiger partial charge is 0.302 e. The highest BCUT2D eigenvalue weighted by Gasteiger charge is 2.27. The van der Waals surface area contributed by atoms with Gasteiger partial charge < -0.3 is 4.90 Å². The van der Waals surface area contributed by atoms with E-state index >= 15 is 0 Å². The number of benzene rings is 1. The molecule has 0 spiro atoms. The molecular weight excluding hydrogens is 307 g/mol. The highest BCUT2D eigenvalue weighted by molar-refractivity contribution is 6.37. The third kappa shape index (κ3) is 3.98. The van der Waals surface area contributed by atoms with Crippen LogP contribution in [0.3, 0.4) is 0 Å². The van der Waals surface area contributed by atoms with Gasteiger partial charge in [-0.15, -0.1) is 0 Å². The second kappa shape index (κ2) is 7.10. The lowest BCUT2D eigenvalue weighted by Crippen LogP contribution is -2.43. The first-order chi connectivity index (χ1) is 9.90. The highest BCUT2D eigenvalue weighted by atomic mass is 35.5. The van der Waals surface area contributed by atoms with E-state index in [0.29, 0.717) is 21.7 Å². The van der Waals surface area contributed by atoms with Crippen molar-refractivity contribution in [3.8, 4) is 0 Å². The highest BCUT2D eigenvalue weighted by Crippen LogP contribution is 2.23. The molecule has 1 saturated heterocycles. The average molecular weight is 329 g/mol. The first-order valence-corrected chi connectivity index (χ1v) is 8.05. The number of hydrogen-bond donors (Lipinski definition) is 0. The lowest BCUT2D eigenvalue weighted by atomic mass is 10.0. The molecule has 0 amide bonds. The summed E-state index contributed by atoms with van der Waals surface area (Å²) in [6, 6.07) is 5.37. The van der Waals surface area contributed by atoms with Crippen LogP contribution < -0.4 is 0 Å². The van der Waals surface area contributed by atoms with E-state index in [0.717, 1.165) is 13.1 Å². The maximum absolute atomic E-state index is 12.6. The van der Waals surface area contributed by atoms with Crippen LogP contribution in [0.1, 0.15) is 30.1 Å². The van der Waals surface area contributed by atoms with Crippen LogP contribution in [0.15, 0.2) is 18.2 Å². The number of nitrogens with zero attached hydrogens (tertiary/aromatic N) is 2. The molecule has 0 aromatic heterocycles. The zero-order chi connectivity index (χ0) is 15.6. The number of halogens is 2. The van der Waals surface area contributed by atoms with Gasteiger partial charge in [-0.2, -0.15) is 0 Å². The van der Waals surface area contributed by atoms with Crippen LogP contribution in [0.5, 0.6) is 0 Å².